The van der Waals surface area contributed by atoms with Gasteiger partial charge in [-0.3, -0.25) is 9.59 Å². The maximum atomic E-state index is 12.9. The molecule has 7 heteroatoms. The first-order chi connectivity index (χ1) is 12.0. The van der Waals surface area contributed by atoms with Crippen LogP contribution >= 0.6 is 0 Å². The minimum atomic E-state index is -0.566. The van der Waals surface area contributed by atoms with E-state index in [4.69, 9.17) is 9.15 Å². The molecular weight excluding hydrogens is 322 g/mol. The molecule has 2 saturated heterocycles. The van der Waals surface area contributed by atoms with E-state index in [2.05, 4.69) is 10.3 Å². The minimum absolute atomic E-state index is 0.00916. The largest absolute Gasteiger partial charge is 0.449 e. The Bertz CT molecular complexity index is 846. The second-order valence-corrected chi connectivity index (χ2v) is 6.89. The number of rotatable bonds is 2. The van der Waals surface area contributed by atoms with Gasteiger partial charge in [0, 0.05) is 44.4 Å². The second kappa shape index (κ2) is 5.84. The predicted molar refractivity (Wildman–Crippen MR) is 90.1 cm³/mol. The first-order valence-corrected chi connectivity index (χ1v) is 8.50. The molecule has 2 aromatic heterocycles. The summed E-state index contributed by atoms with van der Waals surface area (Å²) in [6.07, 6.45) is 0.627. The summed E-state index contributed by atoms with van der Waals surface area (Å²) in [6.45, 7) is 3.82. The average Bonchev–Trinajstić information content (AvgIpc) is 3.21. The summed E-state index contributed by atoms with van der Waals surface area (Å²) in [7, 11) is 1.64. The van der Waals surface area contributed by atoms with Crippen LogP contribution in [0.1, 0.15) is 22.7 Å². The van der Waals surface area contributed by atoms with Crippen LogP contribution < -0.4 is 5.32 Å². The molecule has 4 rings (SSSR count). The fourth-order valence-electron chi connectivity index (χ4n) is 4.01. The van der Waals surface area contributed by atoms with Gasteiger partial charge in [-0.1, -0.05) is 0 Å². The molecule has 2 aliphatic rings. The van der Waals surface area contributed by atoms with E-state index in [-0.39, 0.29) is 23.5 Å². The molecule has 0 unspecified atom stereocenters. The van der Waals surface area contributed by atoms with E-state index in [9.17, 15) is 9.59 Å². The topological polar surface area (TPSA) is 84.7 Å². The highest BCUT2D eigenvalue weighted by Gasteiger charge is 2.54. The number of carbonyl (C=O) groups is 2. The summed E-state index contributed by atoms with van der Waals surface area (Å²) in [5.41, 5.74) is 1.57. The lowest BCUT2D eigenvalue weighted by Gasteiger charge is -2.36. The Kier molecular flexibility index (Phi) is 3.76. The van der Waals surface area contributed by atoms with Crippen molar-refractivity contribution in [3.63, 3.8) is 0 Å². The van der Waals surface area contributed by atoms with E-state index in [0.29, 0.717) is 43.8 Å². The monoisotopic (exact) mass is 343 g/mol. The highest BCUT2D eigenvalue weighted by molar-refractivity contribution is 5.96. The average molecular weight is 343 g/mol. The summed E-state index contributed by atoms with van der Waals surface area (Å²) >= 11 is 0. The van der Waals surface area contributed by atoms with Gasteiger partial charge in [0.2, 0.25) is 5.91 Å². The van der Waals surface area contributed by atoms with E-state index in [1.54, 1.807) is 18.0 Å². The number of likely N-dealkylation sites (tertiary alicyclic amines) is 1. The van der Waals surface area contributed by atoms with Gasteiger partial charge in [0.15, 0.2) is 11.3 Å². The smallest absolute Gasteiger partial charge is 0.289 e. The van der Waals surface area contributed by atoms with Gasteiger partial charge < -0.3 is 19.4 Å². The van der Waals surface area contributed by atoms with Gasteiger partial charge in [-0.25, -0.2) is 4.98 Å². The Labute approximate surface area is 145 Å². The Morgan fingerprint density at radius 1 is 1.40 bits per heavy atom. The molecule has 7 nitrogen and oxygen atoms in total. The SMILES string of the molecule is CNC(=O)[C@]12CCOC[C@H]1CN(C(=O)c1cc3nc(C)ccc3o1)C2. The van der Waals surface area contributed by atoms with Crippen LogP contribution in [-0.2, 0) is 9.53 Å². The van der Waals surface area contributed by atoms with E-state index < -0.39 is 5.41 Å². The van der Waals surface area contributed by atoms with Crippen molar-refractivity contribution in [1.82, 2.24) is 15.2 Å². The first kappa shape index (κ1) is 16.1. The summed E-state index contributed by atoms with van der Waals surface area (Å²) in [5.74, 6) is 0.0564. The highest BCUT2D eigenvalue weighted by atomic mass is 16.5. The van der Waals surface area contributed by atoms with E-state index in [1.807, 2.05) is 19.1 Å². The van der Waals surface area contributed by atoms with Crippen LogP contribution in [0.15, 0.2) is 22.6 Å². The summed E-state index contributed by atoms with van der Waals surface area (Å²) < 4.78 is 11.2. The number of fused-ring (bicyclic) bond motifs is 2. The minimum Gasteiger partial charge on any atom is -0.449 e. The van der Waals surface area contributed by atoms with Crippen molar-refractivity contribution in [3.8, 4) is 0 Å². The van der Waals surface area contributed by atoms with E-state index in [0.717, 1.165) is 5.69 Å². The summed E-state index contributed by atoms with van der Waals surface area (Å²) in [6, 6.07) is 5.34. The van der Waals surface area contributed by atoms with E-state index in [1.165, 1.54) is 0 Å². The van der Waals surface area contributed by atoms with Gasteiger partial charge in [0.1, 0.15) is 5.52 Å². The summed E-state index contributed by atoms with van der Waals surface area (Å²) in [5, 5.41) is 2.76. The molecule has 0 saturated carbocycles. The standard InChI is InChI=1S/C18H21N3O4/c1-11-3-4-14-13(20-11)7-15(25-14)16(22)21-8-12-9-24-6-5-18(12,10-21)17(23)19-2/h3-4,7,12H,5-6,8-10H2,1-2H3,(H,19,23)/t12-,18+/m1/s1. The third-order valence-corrected chi connectivity index (χ3v) is 5.40. The molecular formula is C18H21N3O4. The highest BCUT2D eigenvalue weighted by Crippen LogP contribution is 2.43. The van der Waals surface area contributed by atoms with Gasteiger partial charge in [0.05, 0.1) is 12.0 Å². The van der Waals surface area contributed by atoms with Crippen molar-refractivity contribution in [2.75, 3.05) is 33.4 Å². The molecule has 2 fully saturated rings. The Morgan fingerprint density at radius 3 is 3.04 bits per heavy atom. The van der Waals surface area contributed by atoms with Gasteiger partial charge in [-0.15, -0.1) is 0 Å². The number of aromatic nitrogens is 1. The Morgan fingerprint density at radius 2 is 2.24 bits per heavy atom. The lowest BCUT2D eigenvalue weighted by Crippen LogP contribution is -2.49. The molecule has 2 amide bonds. The Balaban J connectivity index is 1.63. The van der Waals surface area contributed by atoms with Gasteiger partial charge >= 0.3 is 0 Å². The molecule has 0 bridgehead atoms. The lowest BCUT2D eigenvalue weighted by atomic mass is 9.73. The number of pyridine rings is 1. The lowest BCUT2D eigenvalue weighted by molar-refractivity contribution is -0.138. The number of amides is 2. The van der Waals surface area contributed by atoms with Crippen molar-refractivity contribution in [2.24, 2.45) is 11.3 Å². The number of aryl methyl sites for hydroxylation is 1. The maximum absolute atomic E-state index is 12.9. The van der Waals surface area contributed by atoms with Crippen molar-refractivity contribution in [3.05, 3.63) is 29.7 Å². The molecule has 2 aromatic rings. The molecule has 25 heavy (non-hydrogen) atoms. The predicted octanol–water partition coefficient (Wildman–Crippen LogP) is 1.36. The molecule has 132 valence electrons. The molecule has 1 N–H and O–H groups in total. The normalized spacial score (nSPS) is 25.8. The molecule has 0 aliphatic carbocycles. The van der Waals surface area contributed by atoms with Crippen LogP contribution in [0.3, 0.4) is 0 Å². The molecule has 4 heterocycles. The number of hydrogen-bond donors (Lipinski definition) is 1. The Hall–Kier alpha value is -2.41. The van der Waals surface area contributed by atoms with Gasteiger partial charge in [0.25, 0.3) is 5.91 Å². The number of furan rings is 1. The molecule has 0 radical (unpaired) electrons. The van der Waals surface area contributed by atoms with Gasteiger partial charge in [-0.05, 0) is 25.5 Å². The first-order valence-electron chi connectivity index (χ1n) is 8.50. The molecule has 0 spiro atoms. The van der Waals surface area contributed by atoms with Crippen LogP contribution in [0.25, 0.3) is 11.1 Å². The number of carbonyl (C=O) groups excluding carboxylic acids is 2. The number of nitrogens with zero attached hydrogens (tertiary/aromatic N) is 2. The van der Waals surface area contributed by atoms with Crippen LogP contribution in [0.5, 0.6) is 0 Å². The number of hydrogen-bond acceptors (Lipinski definition) is 5. The van der Waals surface area contributed by atoms with Gasteiger partial charge in [-0.2, -0.15) is 0 Å². The number of ether oxygens (including phenoxy) is 1. The molecule has 2 aliphatic heterocycles. The van der Waals surface area contributed by atoms with Crippen LogP contribution in [0.4, 0.5) is 0 Å². The fraction of sp³-hybridized carbons (Fsp3) is 0.500. The van der Waals surface area contributed by atoms with Crippen molar-refractivity contribution in [2.45, 2.75) is 13.3 Å². The van der Waals surface area contributed by atoms with Crippen LogP contribution in [0, 0.1) is 18.3 Å². The molecule has 0 aromatic carbocycles. The quantitative estimate of drug-likeness (QED) is 0.890. The van der Waals surface area contributed by atoms with Crippen LogP contribution in [0.2, 0.25) is 0 Å². The van der Waals surface area contributed by atoms with Crippen molar-refractivity contribution < 1.29 is 18.7 Å². The zero-order valence-electron chi connectivity index (χ0n) is 14.4. The zero-order valence-corrected chi connectivity index (χ0v) is 14.4. The zero-order chi connectivity index (χ0) is 17.6. The molecule has 2 atom stereocenters. The second-order valence-electron chi connectivity index (χ2n) is 6.89. The number of nitrogens with one attached hydrogen (secondary N) is 1. The maximum Gasteiger partial charge on any atom is 0.289 e. The summed E-state index contributed by atoms with van der Waals surface area (Å²) in [4.78, 5) is 31.5. The van der Waals surface area contributed by atoms with Crippen molar-refractivity contribution >= 4 is 22.9 Å². The van der Waals surface area contributed by atoms with Crippen molar-refractivity contribution in [1.29, 1.82) is 0 Å². The third-order valence-electron chi connectivity index (χ3n) is 5.40. The van der Waals surface area contributed by atoms with E-state index >= 15 is 0 Å². The fourth-order valence-corrected chi connectivity index (χ4v) is 4.01. The van der Waals surface area contributed by atoms with Crippen LogP contribution in [-0.4, -0.2) is 55.0 Å². The third kappa shape index (κ3) is 2.50.